The number of likely N-dealkylation sites (tertiary alicyclic amines) is 1. The first-order chi connectivity index (χ1) is 11.2. The monoisotopic (exact) mass is 318 g/mol. The average molecular weight is 318 g/mol. The Labute approximate surface area is 136 Å². The second-order valence-corrected chi connectivity index (χ2v) is 6.15. The van der Waals surface area contributed by atoms with Gasteiger partial charge >= 0.3 is 0 Å². The quantitative estimate of drug-likeness (QED) is 0.832. The fraction of sp³-hybridized carbons (Fsp3) is 0.688. The van der Waals surface area contributed by atoms with E-state index in [2.05, 4.69) is 27.3 Å². The lowest BCUT2D eigenvalue weighted by Gasteiger charge is -2.14. The van der Waals surface area contributed by atoms with E-state index in [0.717, 1.165) is 36.4 Å². The van der Waals surface area contributed by atoms with E-state index in [9.17, 15) is 4.79 Å². The Bertz CT molecular complexity index is 667. The highest BCUT2D eigenvalue weighted by atomic mass is 16.1. The number of carbonyl (C=O) groups excluding carboxylic acids is 1. The molecule has 1 fully saturated rings. The zero-order valence-electron chi connectivity index (χ0n) is 14.1. The van der Waals surface area contributed by atoms with E-state index in [1.165, 1.54) is 25.9 Å². The molecule has 0 saturated carbocycles. The van der Waals surface area contributed by atoms with Crippen LogP contribution in [0.15, 0.2) is 6.20 Å². The molecule has 0 aromatic carbocycles. The van der Waals surface area contributed by atoms with Gasteiger partial charge in [-0.3, -0.25) is 14.2 Å². The summed E-state index contributed by atoms with van der Waals surface area (Å²) in [6, 6.07) is 0. The number of nitrogens with zero attached hydrogens (tertiary/aromatic N) is 5. The van der Waals surface area contributed by atoms with Crippen LogP contribution in [-0.2, 0) is 17.9 Å². The number of aryl methyl sites for hydroxylation is 3. The molecule has 126 valence electrons. The van der Waals surface area contributed by atoms with Crippen molar-refractivity contribution in [2.45, 2.75) is 46.2 Å². The second kappa shape index (κ2) is 7.12. The van der Waals surface area contributed by atoms with Crippen molar-refractivity contribution in [3.8, 4) is 0 Å². The van der Waals surface area contributed by atoms with Gasteiger partial charge in [-0.25, -0.2) is 0 Å². The molecule has 0 atom stereocenters. The zero-order chi connectivity index (χ0) is 16.2. The molecular formula is C16H26N6O. The maximum atomic E-state index is 12.0. The predicted octanol–water partition coefficient (Wildman–Crippen LogP) is 1.16. The summed E-state index contributed by atoms with van der Waals surface area (Å²) in [7, 11) is 0. The third kappa shape index (κ3) is 3.55. The fourth-order valence-corrected chi connectivity index (χ4v) is 3.28. The van der Waals surface area contributed by atoms with Crippen LogP contribution in [0.25, 0.3) is 11.0 Å². The predicted molar refractivity (Wildman–Crippen MR) is 89.2 cm³/mol. The molecular weight excluding hydrogens is 292 g/mol. The van der Waals surface area contributed by atoms with Gasteiger partial charge in [-0.1, -0.05) is 0 Å². The molecule has 0 aliphatic carbocycles. The number of carbonyl (C=O) groups is 1. The lowest BCUT2D eigenvalue weighted by atomic mass is 10.3. The number of amides is 1. The summed E-state index contributed by atoms with van der Waals surface area (Å²) in [4.78, 5) is 14.4. The van der Waals surface area contributed by atoms with Gasteiger partial charge in [-0.2, -0.15) is 10.2 Å². The van der Waals surface area contributed by atoms with E-state index < -0.39 is 0 Å². The van der Waals surface area contributed by atoms with Gasteiger partial charge < -0.3 is 10.2 Å². The highest BCUT2D eigenvalue weighted by Gasteiger charge is 2.14. The van der Waals surface area contributed by atoms with Crippen molar-refractivity contribution in [2.24, 2.45) is 0 Å². The number of aromatic nitrogens is 4. The van der Waals surface area contributed by atoms with Crippen LogP contribution in [0.5, 0.6) is 0 Å². The lowest BCUT2D eigenvalue weighted by Crippen LogP contribution is -2.33. The number of rotatable bonds is 7. The summed E-state index contributed by atoms with van der Waals surface area (Å²) < 4.78 is 3.84. The van der Waals surface area contributed by atoms with Crippen molar-refractivity contribution < 1.29 is 4.79 Å². The Balaban J connectivity index is 1.49. The molecule has 3 rings (SSSR count). The lowest BCUT2D eigenvalue weighted by molar-refractivity contribution is -0.121. The summed E-state index contributed by atoms with van der Waals surface area (Å²) in [5.74, 6) is 0.0911. The average Bonchev–Trinajstić information content (AvgIpc) is 3.24. The van der Waals surface area contributed by atoms with Crippen LogP contribution in [0.2, 0.25) is 0 Å². The maximum absolute atomic E-state index is 12.0. The smallest absolute Gasteiger partial charge is 0.221 e. The minimum absolute atomic E-state index is 0.0911. The topological polar surface area (TPSA) is 68.0 Å². The summed E-state index contributed by atoms with van der Waals surface area (Å²) >= 11 is 0. The van der Waals surface area contributed by atoms with E-state index in [4.69, 9.17) is 0 Å². The Hall–Kier alpha value is -1.89. The molecule has 1 N–H and O–H groups in total. The standard InChI is InChI=1S/C16H26N6O/c1-3-21-14-12-18-22(16(14)13(2)19-21)10-6-15(23)17-7-11-20-8-4-5-9-20/h12H,3-11H2,1-2H3,(H,17,23). The van der Waals surface area contributed by atoms with Gasteiger partial charge in [0.05, 0.1) is 18.4 Å². The molecule has 1 amide bonds. The van der Waals surface area contributed by atoms with Gasteiger partial charge in [0.2, 0.25) is 5.91 Å². The van der Waals surface area contributed by atoms with Crippen molar-refractivity contribution in [1.82, 2.24) is 29.8 Å². The Morgan fingerprint density at radius 2 is 2.04 bits per heavy atom. The molecule has 2 aromatic heterocycles. The first-order valence-electron chi connectivity index (χ1n) is 8.57. The minimum Gasteiger partial charge on any atom is -0.355 e. The van der Waals surface area contributed by atoms with Crippen LogP contribution in [0.1, 0.15) is 31.9 Å². The molecule has 1 saturated heterocycles. The van der Waals surface area contributed by atoms with E-state index in [0.29, 0.717) is 13.0 Å². The van der Waals surface area contributed by atoms with Gasteiger partial charge in [0.1, 0.15) is 11.0 Å². The van der Waals surface area contributed by atoms with Gasteiger partial charge in [0, 0.05) is 26.1 Å². The molecule has 0 unspecified atom stereocenters. The number of nitrogens with one attached hydrogen (secondary N) is 1. The van der Waals surface area contributed by atoms with Crippen molar-refractivity contribution >= 4 is 16.9 Å². The van der Waals surface area contributed by atoms with Gasteiger partial charge in [-0.05, 0) is 39.8 Å². The number of fused-ring (bicyclic) bond motifs is 1. The van der Waals surface area contributed by atoms with E-state index in [-0.39, 0.29) is 5.91 Å². The molecule has 7 heteroatoms. The maximum Gasteiger partial charge on any atom is 0.221 e. The van der Waals surface area contributed by atoms with Crippen LogP contribution >= 0.6 is 0 Å². The first kappa shape index (κ1) is 16.0. The van der Waals surface area contributed by atoms with Crippen molar-refractivity contribution in [1.29, 1.82) is 0 Å². The third-order valence-corrected chi connectivity index (χ3v) is 4.51. The molecule has 1 aliphatic rings. The normalized spacial score (nSPS) is 15.6. The Morgan fingerprint density at radius 3 is 2.78 bits per heavy atom. The van der Waals surface area contributed by atoms with Crippen LogP contribution in [0, 0.1) is 6.92 Å². The van der Waals surface area contributed by atoms with Crippen LogP contribution in [-0.4, -0.2) is 56.5 Å². The van der Waals surface area contributed by atoms with E-state index >= 15 is 0 Å². The number of hydrogen-bond donors (Lipinski definition) is 1. The molecule has 2 aromatic rings. The number of hydrogen-bond acceptors (Lipinski definition) is 4. The molecule has 0 radical (unpaired) electrons. The molecule has 0 bridgehead atoms. The van der Waals surface area contributed by atoms with Crippen LogP contribution in [0.3, 0.4) is 0 Å². The molecule has 0 spiro atoms. The largest absolute Gasteiger partial charge is 0.355 e. The molecule has 23 heavy (non-hydrogen) atoms. The second-order valence-electron chi connectivity index (χ2n) is 6.15. The van der Waals surface area contributed by atoms with Crippen molar-refractivity contribution in [3.05, 3.63) is 11.9 Å². The summed E-state index contributed by atoms with van der Waals surface area (Å²) in [6.45, 7) is 9.51. The highest BCUT2D eigenvalue weighted by Crippen LogP contribution is 2.17. The van der Waals surface area contributed by atoms with Crippen molar-refractivity contribution in [2.75, 3.05) is 26.2 Å². The third-order valence-electron chi connectivity index (χ3n) is 4.51. The summed E-state index contributed by atoms with van der Waals surface area (Å²) in [5, 5.41) is 11.9. The van der Waals surface area contributed by atoms with Gasteiger partial charge in [-0.15, -0.1) is 0 Å². The van der Waals surface area contributed by atoms with Gasteiger partial charge in [0.15, 0.2) is 0 Å². The van der Waals surface area contributed by atoms with Crippen LogP contribution in [0.4, 0.5) is 0 Å². The zero-order valence-corrected chi connectivity index (χ0v) is 14.1. The highest BCUT2D eigenvalue weighted by molar-refractivity contribution is 5.78. The Kier molecular flexibility index (Phi) is 4.95. The minimum atomic E-state index is 0.0911. The molecule has 1 aliphatic heterocycles. The summed E-state index contributed by atoms with van der Waals surface area (Å²) in [5.41, 5.74) is 3.05. The van der Waals surface area contributed by atoms with Gasteiger partial charge in [0.25, 0.3) is 0 Å². The van der Waals surface area contributed by atoms with Crippen molar-refractivity contribution in [3.63, 3.8) is 0 Å². The molecule has 7 nitrogen and oxygen atoms in total. The first-order valence-corrected chi connectivity index (χ1v) is 8.57. The van der Waals surface area contributed by atoms with E-state index in [1.54, 1.807) is 0 Å². The SMILES string of the molecule is CCn1nc(C)c2c1cnn2CCC(=O)NCCN1CCCC1. The molecule has 3 heterocycles. The fourth-order valence-electron chi connectivity index (χ4n) is 3.28. The van der Waals surface area contributed by atoms with E-state index in [1.807, 2.05) is 22.5 Å². The summed E-state index contributed by atoms with van der Waals surface area (Å²) in [6.07, 6.45) is 4.86. The Morgan fingerprint density at radius 1 is 1.26 bits per heavy atom. The van der Waals surface area contributed by atoms with Crippen LogP contribution < -0.4 is 5.32 Å².